The summed E-state index contributed by atoms with van der Waals surface area (Å²) in [6.07, 6.45) is 4.93. The van der Waals surface area contributed by atoms with Crippen molar-refractivity contribution < 1.29 is 14.7 Å². The molecule has 2 atom stereocenters. The Bertz CT molecular complexity index is 798. The molecule has 0 saturated carbocycles. The quantitative estimate of drug-likeness (QED) is 0.292. The number of nitrogens with zero attached hydrogens (tertiary/aromatic N) is 1. The maximum Gasteiger partial charge on any atom is 0.246 e. The Kier molecular flexibility index (Phi) is 9.27. The van der Waals surface area contributed by atoms with Crippen LogP contribution in [0.3, 0.4) is 0 Å². The lowest BCUT2D eigenvalue weighted by Gasteiger charge is -2.17. The van der Waals surface area contributed by atoms with Gasteiger partial charge in [0.1, 0.15) is 5.75 Å². The summed E-state index contributed by atoms with van der Waals surface area (Å²) in [5.41, 5.74) is 7.71. The van der Waals surface area contributed by atoms with E-state index in [0.717, 1.165) is 42.8 Å². The third kappa shape index (κ3) is 6.82. The van der Waals surface area contributed by atoms with Gasteiger partial charge >= 0.3 is 0 Å². The molecule has 0 aliphatic heterocycles. The lowest BCUT2D eigenvalue weighted by Crippen LogP contribution is -2.29. The second-order valence-electron chi connectivity index (χ2n) is 8.03. The minimum atomic E-state index is -0.311. The van der Waals surface area contributed by atoms with E-state index in [1.54, 1.807) is 13.3 Å². The number of carbonyl (C=O) groups is 1. The van der Waals surface area contributed by atoms with Crippen LogP contribution in [0.15, 0.2) is 30.5 Å². The van der Waals surface area contributed by atoms with E-state index in [2.05, 4.69) is 50.1 Å². The molecule has 1 heterocycles. The summed E-state index contributed by atoms with van der Waals surface area (Å²) in [7, 11) is 1.63. The molecule has 0 spiro atoms. The molecular formula is C24H35N3O3. The van der Waals surface area contributed by atoms with Crippen molar-refractivity contribution in [2.45, 2.75) is 59.4 Å². The highest BCUT2D eigenvalue weighted by Crippen LogP contribution is 2.21. The first kappa shape index (κ1) is 23.8. The zero-order valence-corrected chi connectivity index (χ0v) is 18.8. The number of unbranched alkanes of at least 4 members (excludes halogenated alkanes) is 1. The van der Waals surface area contributed by atoms with Gasteiger partial charge in [-0.3, -0.25) is 15.0 Å². The highest BCUT2D eigenvalue weighted by molar-refractivity contribution is 5.77. The van der Waals surface area contributed by atoms with Crippen molar-refractivity contribution in [2.75, 3.05) is 13.7 Å². The number of aromatic nitrogens is 1. The summed E-state index contributed by atoms with van der Waals surface area (Å²) in [4.78, 5) is 16.6. The number of methoxy groups -OCH3 is 1. The molecule has 0 aliphatic rings. The molecule has 0 bridgehead atoms. The second kappa shape index (κ2) is 11.7. The van der Waals surface area contributed by atoms with E-state index in [-0.39, 0.29) is 17.9 Å². The minimum absolute atomic E-state index is 0.144. The Hall–Kier alpha value is -2.44. The number of aryl methyl sites for hydroxylation is 2. The number of ether oxygens (including phenoxy) is 1. The molecule has 0 radical (unpaired) electrons. The summed E-state index contributed by atoms with van der Waals surface area (Å²) < 4.78 is 5.14. The van der Waals surface area contributed by atoms with Crippen LogP contribution in [0.4, 0.5) is 0 Å². The molecule has 1 amide bonds. The first-order chi connectivity index (χ1) is 14.3. The first-order valence-electron chi connectivity index (χ1n) is 10.6. The number of carbonyl (C=O) groups excluding carboxylic acids is 1. The molecule has 2 rings (SSSR count). The van der Waals surface area contributed by atoms with Crippen molar-refractivity contribution in [3.05, 3.63) is 58.4 Å². The van der Waals surface area contributed by atoms with Crippen LogP contribution in [-0.4, -0.2) is 29.8 Å². The van der Waals surface area contributed by atoms with E-state index < -0.39 is 0 Å². The third-order valence-corrected chi connectivity index (χ3v) is 5.82. The van der Waals surface area contributed by atoms with Crippen molar-refractivity contribution in [3.8, 4) is 5.75 Å². The molecular weight excluding hydrogens is 378 g/mol. The van der Waals surface area contributed by atoms with Crippen molar-refractivity contribution in [1.29, 1.82) is 0 Å². The van der Waals surface area contributed by atoms with Crippen molar-refractivity contribution in [1.82, 2.24) is 15.8 Å². The van der Waals surface area contributed by atoms with Crippen LogP contribution >= 0.6 is 0 Å². The van der Waals surface area contributed by atoms with Gasteiger partial charge < -0.3 is 10.1 Å². The number of nitrogens with one attached hydrogen (secondary N) is 2. The van der Waals surface area contributed by atoms with E-state index in [9.17, 15) is 4.79 Å². The molecule has 3 N–H and O–H groups in total. The molecule has 1 aromatic carbocycles. The maximum atomic E-state index is 12.2. The van der Waals surface area contributed by atoms with Crippen LogP contribution in [0.1, 0.15) is 60.2 Å². The molecule has 30 heavy (non-hydrogen) atoms. The number of hydroxylamine groups is 1. The van der Waals surface area contributed by atoms with Gasteiger partial charge in [0.2, 0.25) is 5.91 Å². The largest absolute Gasteiger partial charge is 0.495 e. The fraction of sp³-hybridized carbons (Fsp3) is 0.500. The monoisotopic (exact) mass is 413 g/mol. The van der Waals surface area contributed by atoms with E-state index in [1.807, 2.05) is 17.6 Å². The van der Waals surface area contributed by atoms with Crippen LogP contribution in [-0.2, 0) is 11.2 Å². The highest BCUT2D eigenvalue weighted by atomic mass is 16.5. The predicted molar refractivity (Wildman–Crippen MR) is 119 cm³/mol. The standard InChI is InChI=1S/C24H35N3O3/c1-16-12-20(13-17(2)18(16)3)14-21(24(28)27-29)8-6-7-11-25-19(4)23-10-9-22(30-5)15-26-23/h9-10,12-13,15,19,21,25,29H,6-8,11,14H2,1-5H3,(H,27,28)/t19-,21+/m1/s1. The van der Waals surface area contributed by atoms with Crippen molar-refractivity contribution in [2.24, 2.45) is 5.92 Å². The maximum absolute atomic E-state index is 12.2. The van der Waals surface area contributed by atoms with Gasteiger partial charge in [-0.1, -0.05) is 18.6 Å². The lowest BCUT2D eigenvalue weighted by molar-refractivity contribution is -0.133. The van der Waals surface area contributed by atoms with Gasteiger partial charge in [-0.2, -0.15) is 0 Å². The Morgan fingerprint density at radius 3 is 2.43 bits per heavy atom. The molecule has 0 aliphatic carbocycles. The number of benzene rings is 1. The molecule has 1 aromatic heterocycles. The second-order valence-corrected chi connectivity index (χ2v) is 8.03. The van der Waals surface area contributed by atoms with Crippen LogP contribution in [0.5, 0.6) is 5.75 Å². The SMILES string of the molecule is COc1ccc([C@@H](C)NCCCC[C@@H](Cc2cc(C)c(C)c(C)c2)C(=O)NO)nc1. The van der Waals surface area contributed by atoms with Gasteiger partial charge in [0.15, 0.2) is 0 Å². The molecule has 6 heteroatoms. The van der Waals surface area contributed by atoms with Gasteiger partial charge in [-0.15, -0.1) is 0 Å². The number of rotatable bonds is 11. The van der Waals surface area contributed by atoms with E-state index in [1.165, 1.54) is 16.7 Å². The smallest absolute Gasteiger partial charge is 0.246 e. The highest BCUT2D eigenvalue weighted by Gasteiger charge is 2.19. The van der Waals surface area contributed by atoms with Gasteiger partial charge in [0, 0.05) is 12.0 Å². The molecule has 0 fully saturated rings. The normalized spacial score (nSPS) is 13.0. The average molecular weight is 414 g/mol. The summed E-state index contributed by atoms with van der Waals surface area (Å²) in [5.74, 6) is 0.199. The first-order valence-corrected chi connectivity index (χ1v) is 10.6. The Morgan fingerprint density at radius 2 is 1.87 bits per heavy atom. The summed E-state index contributed by atoms with van der Waals surface area (Å²) in [6, 6.07) is 8.30. The third-order valence-electron chi connectivity index (χ3n) is 5.82. The zero-order valence-electron chi connectivity index (χ0n) is 18.8. The average Bonchev–Trinajstić information content (AvgIpc) is 2.75. The van der Waals surface area contributed by atoms with Crippen LogP contribution < -0.4 is 15.5 Å². The molecule has 164 valence electrons. The van der Waals surface area contributed by atoms with E-state index in [0.29, 0.717) is 6.42 Å². The minimum Gasteiger partial charge on any atom is -0.495 e. The Morgan fingerprint density at radius 1 is 1.17 bits per heavy atom. The summed E-state index contributed by atoms with van der Waals surface area (Å²) in [6.45, 7) is 9.22. The van der Waals surface area contributed by atoms with Crippen LogP contribution in [0, 0.1) is 26.7 Å². The van der Waals surface area contributed by atoms with Gasteiger partial charge in [-0.05, 0) is 87.9 Å². The van der Waals surface area contributed by atoms with Gasteiger partial charge in [-0.25, -0.2) is 5.48 Å². The fourth-order valence-corrected chi connectivity index (χ4v) is 3.65. The summed E-state index contributed by atoms with van der Waals surface area (Å²) in [5, 5.41) is 12.6. The zero-order chi connectivity index (χ0) is 22.1. The number of hydrogen-bond donors (Lipinski definition) is 3. The topological polar surface area (TPSA) is 83.5 Å². The van der Waals surface area contributed by atoms with Crippen LogP contribution in [0.2, 0.25) is 0 Å². The molecule has 0 saturated heterocycles. The number of hydrogen-bond acceptors (Lipinski definition) is 5. The van der Waals surface area contributed by atoms with E-state index in [4.69, 9.17) is 9.94 Å². The number of pyridine rings is 1. The predicted octanol–water partition coefficient (Wildman–Crippen LogP) is 4.20. The lowest BCUT2D eigenvalue weighted by atomic mass is 9.90. The van der Waals surface area contributed by atoms with Crippen molar-refractivity contribution in [3.63, 3.8) is 0 Å². The Balaban J connectivity index is 1.82. The number of amides is 1. The molecule has 6 nitrogen and oxygen atoms in total. The molecule has 0 unspecified atom stereocenters. The van der Waals surface area contributed by atoms with Crippen LogP contribution in [0.25, 0.3) is 0 Å². The van der Waals surface area contributed by atoms with Crippen molar-refractivity contribution >= 4 is 5.91 Å². The fourth-order valence-electron chi connectivity index (χ4n) is 3.65. The van der Waals surface area contributed by atoms with E-state index >= 15 is 0 Å². The Labute approximate surface area is 180 Å². The van der Waals surface area contributed by atoms with Gasteiger partial charge in [0.05, 0.1) is 19.0 Å². The summed E-state index contributed by atoms with van der Waals surface area (Å²) >= 11 is 0. The van der Waals surface area contributed by atoms with Gasteiger partial charge in [0.25, 0.3) is 0 Å². The molecule has 2 aromatic rings.